The molecule has 0 saturated heterocycles. The molecule has 0 aliphatic carbocycles. The van der Waals surface area contributed by atoms with Gasteiger partial charge in [0, 0.05) is 47.6 Å². The van der Waals surface area contributed by atoms with Crippen LogP contribution < -0.4 is 0 Å². The fourth-order valence-corrected chi connectivity index (χ4v) is 4.37. The minimum atomic E-state index is -0.446. The van der Waals surface area contributed by atoms with E-state index in [9.17, 15) is 14.4 Å². The summed E-state index contributed by atoms with van der Waals surface area (Å²) in [6.07, 6.45) is 0.614. The average Bonchev–Trinajstić information content (AvgIpc) is 3.04. The van der Waals surface area contributed by atoms with E-state index in [4.69, 9.17) is 9.47 Å². The minimum Gasteiger partial charge on any atom is -0.461 e. The number of ether oxygens (including phenoxy) is 2. The van der Waals surface area contributed by atoms with Crippen molar-refractivity contribution < 1.29 is 23.9 Å². The molecular weight excluding hydrogens is 488 g/mol. The molecule has 7 nitrogen and oxygen atoms in total. The largest absolute Gasteiger partial charge is 0.461 e. The molecule has 2 rings (SSSR count). The molecule has 2 aromatic rings. The Bertz CT molecular complexity index is 999. The molecule has 0 fully saturated rings. The quantitative estimate of drug-likeness (QED) is 0.228. The first-order valence-electron chi connectivity index (χ1n) is 11.3. The number of esters is 1. The van der Waals surface area contributed by atoms with E-state index >= 15 is 0 Å². The van der Waals surface area contributed by atoms with Crippen LogP contribution in [0.5, 0.6) is 0 Å². The number of Topliss-reactive ketones (excluding diaryl/α,β-unsaturated/α-hetero) is 1. The number of rotatable bonds is 12. The lowest BCUT2D eigenvalue weighted by Gasteiger charge is -2.22. The van der Waals surface area contributed by atoms with Crippen molar-refractivity contribution in [2.75, 3.05) is 32.9 Å². The number of hydrogen-bond donors (Lipinski definition) is 0. The number of carbonyl (C=O) groups is 3. The molecule has 1 amide bonds. The number of amides is 1. The van der Waals surface area contributed by atoms with E-state index in [2.05, 4.69) is 15.9 Å². The summed E-state index contributed by atoms with van der Waals surface area (Å²) in [7, 11) is 0. The van der Waals surface area contributed by atoms with Gasteiger partial charge in [-0.05, 0) is 64.8 Å². The molecule has 0 spiro atoms. The third-order valence-electron chi connectivity index (χ3n) is 5.44. The van der Waals surface area contributed by atoms with Crippen LogP contribution in [0.1, 0.15) is 69.7 Å². The fourth-order valence-electron chi connectivity index (χ4n) is 3.97. The third kappa shape index (κ3) is 6.54. The summed E-state index contributed by atoms with van der Waals surface area (Å²) < 4.78 is 13.2. The van der Waals surface area contributed by atoms with Crippen LogP contribution in [-0.4, -0.2) is 60.0 Å². The second-order valence-corrected chi connectivity index (χ2v) is 8.53. The summed E-state index contributed by atoms with van der Waals surface area (Å²) in [5.74, 6) is -0.878. The maximum Gasteiger partial charge on any atom is 0.355 e. The van der Waals surface area contributed by atoms with Crippen molar-refractivity contribution in [3.63, 3.8) is 0 Å². The van der Waals surface area contributed by atoms with Crippen molar-refractivity contribution in [3.8, 4) is 0 Å². The van der Waals surface area contributed by atoms with Gasteiger partial charge in [0.2, 0.25) is 0 Å². The lowest BCUT2D eigenvalue weighted by Crippen LogP contribution is -2.37. The zero-order chi connectivity index (χ0) is 24.5. The summed E-state index contributed by atoms with van der Waals surface area (Å²) in [6, 6.07) is 7.11. The van der Waals surface area contributed by atoms with Gasteiger partial charge in [-0.3, -0.25) is 9.59 Å². The van der Waals surface area contributed by atoms with Crippen molar-refractivity contribution in [1.29, 1.82) is 0 Å². The monoisotopic (exact) mass is 520 g/mol. The van der Waals surface area contributed by atoms with Crippen LogP contribution in [0, 0.1) is 13.8 Å². The van der Waals surface area contributed by atoms with Crippen molar-refractivity contribution >= 4 is 33.6 Å². The Hall–Kier alpha value is -2.45. The number of carbonyl (C=O) groups excluding carboxylic acids is 3. The number of benzene rings is 1. The van der Waals surface area contributed by atoms with E-state index in [1.54, 1.807) is 41.5 Å². The molecule has 0 atom stereocenters. The van der Waals surface area contributed by atoms with Crippen LogP contribution >= 0.6 is 15.9 Å². The van der Waals surface area contributed by atoms with Gasteiger partial charge in [-0.15, -0.1) is 0 Å². The van der Waals surface area contributed by atoms with Crippen molar-refractivity contribution in [1.82, 2.24) is 9.47 Å². The molecule has 0 bridgehead atoms. The van der Waals surface area contributed by atoms with Crippen LogP contribution in [0.3, 0.4) is 0 Å². The van der Waals surface area contributed by atoms with E-state index in [1.807, 2.05) is 26.8 Å². The van der Waals surface area contributed by atoms with Gasteiger partial charge in [0.15, 0.2) is 5.78 Å². The normalized spacial score (nSPS) is 10.8. The Morgan fingerprint density at radius 1 is 1.09 bits per heavy atom. The highest BCUT2D eigenvalue weighted by Gasteiger charge is 2.28. The topological polar surface area (TPSA) is 77.8 Å². The molecule has 0 N–H and O–H groups in total. The Morgan fingerprint density at radius 3 is 2.42 bits per heavy atom. The van der Waals surface area contributed by atoms with Crippen LogP contribution in [0.2, 0.25) is 0 Å². The van der Waals surface area contributed by atoms with Gasteiger partial charge in [0.25, 0.3) is 5.91 Å². The van der Waals surface area contributed by atoms with Gasteiger partial charge in [-0.25, -0.2) is 4.79 Å². The predicted molar refractivity (Wildman–Crippen MR) is 131 cm³/mol. The second kappa shape index (κ2) is 12.7. The average molecular weight is 521 g/mol. The molecule has 8 heteroatoms. The Kier molecular flexibility index (Phi) is 10.3. The number of aromatic nitrogens is 1. The third-order valence-corrected chi connectivity index (χ3v) is 5.94. The SMILES string of the molecule is CCOCCCN(CC(=O)c1c(C)c(C(=O)OCC)n(CC)c1C)C(=O)c1cccc(Br)c1. The van der Waals surface area contributed by atoms with E-state index in [-0.39, 0.29) is 24.8 Å². The maximum atomic E-state index is 13.5. The lowest BCUT2D eigenvalue weighted by molar-refractivity contribution is 0.0512. The standard InChI is InChI=1S/C25H33BrN2O5/c1-6-28-18(5)22(17(4)23(28)25(31)33-8-3)21(29)16-27(13-10-14-32-7-2)24(30)19-11-9-12-20(26)15-19/h9,11-12,15H,6-8,10,13-14,16H2,1-5H3. The Labute approximate surface area is 204 Å². The van der Waals surface area contributed by atoms with Gasteiger partial charge in [-0.1, -0.05) is 22.0 Å². The summed E-state index contributed by atoms with van der Waals surface area (Å²) in [4.78, 5) is 40.8. The van der Waals surface area contributed by atoms with Crippen LogP contribution in [0.25, 0.3) is 0 Å². The molecule has 0 unspecified atom stereocenters. The molecule has 0 aliphatic rings. The van der Waals surface area contributed by atoms with E-state index < -0.39 is 5.97 Å². The molecule has 1 heterocycles. The van der Waals surface area contributed by atoms with Gasteiger partial charge in [-0.2, -0.15) is 0 Å². The van der Waals surface area contributed by atoms with Gasteiger partial charge in [0.1, 0.15) is 5.69 Å². The second-order valence-electron chi connectivity index (χ2n) is 7.61. The van der Waals surface area contributed by atoms with Gasteiger partial charge < -0.3 is 18.9 Å². The first-order chi connectivity index (χ1) is 15.8. The van der Waals surface area contributed by atoms with E-state index in [0.29, 0.717) is 60.8 Å². The fraction of sp³-hybridized carbons (Fsp3) is 0.480. The first-order valence-corrected chi connectivity index (χ1v) is 12.1. The highest BCUT2D eigenvalue weighted by atomic mass is 79.9. The predicted octanol–water partition coefficient (Wildman–Crippen LogP) is 4.82. The number of halogens is 1. The van der Waals surface area contributed by atoms with E-state index in [1.165, 1.54) is 0 Å². The van der Waals surface area contributed by atoms with Crippen LogP contribution in [0.4, 0.5) is 0 Å². The highest BCUT2D eigenvalue weighted by molar-refractivity contribution is 9.10. The summed E-state index contributed by atoms with van der Waals surface area (Å²) in [6.45, 7) is 11.3. The molecule has 0 aliphatic heterocycles. The van der Waals surface area contributed by atoms with Crippen LogP contribution in [-0.2, 0) is 16.0 Å². The molecule has 0 radical (unpaired) electrons. The molecule has 33 heavy (non-hydrogen) atoms. The number of ketones is 1. The lowest BCUT2D eigenvalue weighted by atomic mass is 10.0. The Balaban J connectivity index is 2.36. The van der Waals surface area contributed by atoms with Crippen molar-refractivity contribution in [2.45, 2.75) is 47.6 Å². The molecule has 0 saturated carbocycles. The Morgan fingerprint density at radius 2 is 1.82 bits per heavy atom. The smallest absolute Gasteiger partial charge is 0.355 e. The highest BCUT2D eigenvalue weighted by Crippen LogP contribution is 2.24. The van der Waals surface area contributed by atoms with E-state index in [0.717, 1.165) is 4.47 Å². The zero-order valence-corrected chi connectivity index (χ0v) is 21.7. The molecule has 1 aromatic heterocycles. The number of nitrogens with zero attached hydrogens (tertiary/aromatic N) is 2. The molecule has 1 aromatic carbocycles. The summed E-state index contributed by atoms with van der Waals surface area (Å²) >= 11 is 3.40. The summed E-state index contributed by atoms with van der Waals surface area (Å²) in [5.41, 5.74) is 2.65. The van der Waals surface area contributed by atoms with Gasteiger partial charge in [0.05, 0.1) is 13.2 Å². The molecular formula is C25H33BrN2O5. The number of hydrogen-bond acceptors (Lipinski definition) is 5. The van der Waals surface area contributed by atoms with Crippen molar-refractivity contribution in [3.05, 3.63) is 56.8 Å². The van der Waals surface area contributed by atoms with Gasteiger partial charge >= 0.3 is 5.97 Å². The molecule has 180 valence electrons. The zero-order valence-electron chi connectivity index (χ0n) is 20.1. The van der Waals surface area contributed by atoms with Crippen LogP contribution in [0.15, 0.2) is 28.7 Å². The summed E-state index contributed by atoms with van der Waals surface area (Å²) in [5, 5.41) is 0. The van der Waals surface area contributed by atoms with Crippen molar-refractivity contribution in [2.24, 2.45) is 0 Å². The first kappa shape index (κ1) is 26.8. The maximum absolute atomic E-state index is 13.5. The minimum absolute atomic E-state index is 0.0882.